The summed E-state index contributed by atoms with van der Waals surface area (Å²) in [5.74, 6) is -1.47. The van der Waals surface area contributed by atoms with Crippen molar-refractivity contribution in [3.05, 3.63) is 29.8 Å². The summed E-state index contributed by atoms with van der Waals surface area (Å²) in [6.07, 6.45) is -0.578. The van der Waals surface area contributed by atoms with Crippen LogP contribution in [0.1, 0.15) is 16.8 Å². The van der Waals surface area contributed by atoms with Gasteiger partial charge in [-0.2, -0.15) is 0 Å². The highest BCUT2D eigenvalue weighted by molar-refractivity contribution is 5.98. The lowest BCUT2D eigenvalue weighted by Crippen LogP contribution is -2.26. The van der Waals surface area contributed by atoms with Crippen molar-refractivity contribution in [2.24, 2.45) is 5.73 Å². The fourth-order valence-corrected chi connectivity index (χ4v) is 1.51. The first-order valence-corrected chi connectivity index (χ1v) is 5.42. The van der Waals surface area contributed by atoms with Gasteiger partial charge in [0.05, 0.1) is 18.1 Å². The molecule has 1 aromatic carbocycles. The average molecular weight is 252 g/mol. The molecule has 98 valence electrons. The molecule has 0 aliphatic rings. The van der Waals surface area contributed by atoms with Crippen LogP contribution in [-0.4, -0.2) is 36.7 Å². The monoisotopic (exact) mass is 252 g/mol. The zero-order valence-corrected chi connectivity index (χ0v) is 10.1. The van der Waals surface area contributed by atoms with Crippen molar-refractivity contribution in [2.45, 2.75) is 12.5 Å². The maximum absolute atomic E-state index is 11.2. The molecule has 1 atom stereocenters. The van der Waals surface area contributed by atoms with Crippen LogP contribution in [0.5, 0.6) is 0 Å². The van der Waals surface area contributed by atoms with Crippen molar-refractivity contribution < 1.29 is 19.4 Å². The number of rotatable bonds is 7. The first-order valence-electron chi connectivity index (χ1n) is 5.42. The standard InChI is InChI=1S/C12H16N2O4/c1-18-8(6-11(15)16)7-14-10-5-3-2-4-9(10)12(13)17/h2-5,8,14H,6-7H2,1H3,(H2,13,17)(H,15,16). The van der Waals surface area contributed by atoms with Crippen LogP contribution in [0.2, 0.25) is 0 Å². The third-order valence-electron chi connectivity index (χ3n) is 2.45. The molecule has 0 bridgehead atoms. The van der Waals surface area contributed by atoms with E-state index >= 15 is 0 Å². The number of hydrogen-bond acceptors (Lipinski definition) is 4. The number of nitrogens with one attached hydrogen (secondary N) is 1. The molecule has 6 heteroatoms. The fraction of sp³-hybridized carbons (Fsp3) is 0.333. The van der Waals surface area contributed by atoms with E-state index in [1.807, 2.05) is 0 Å². The van der Waals surface area contributed by atoms with E-state index in [1.54, 1.807) is 24.3 Å². The van der Waals surface area contributed by atoms with Crippen LogP contribution in [0.25, 0.3) is 0 Å². The molecule has 4 N–H and O–H groups in total. The van der Waals surface area contributed by atoms with Gasteiger partial charge in [0.25, 0.3) is 5.91 Å². The molecule has 0 aliphatic carbocycles. The van der Waals surface area contributed by atoms with Crippen LogP contribution in [0.4, 0.5) is 5.69 Å². The number of methoxy groups -OCH3 is 1. The van der Waals surface area contributed by atoms with Crippen molar-refractivity contribution in [1.82, 2.24) is 0 Å². The number of amides is 1. The third kappa shape index (κ3) is 4.06. The van der Waals surface area contributed by atoms with E-state index in [2.05, 4.69) is 5.32 Å². The molecule has 6 nitrogen and oxygen atoms in total. The van der Waals surface area contributed by atoms with Gasteiger partial charge in [-0.25, -0.2) is 0 Å². The second kappa shape index (κ2) is 6.61. The van der Waals surface area contributed by atoms with Gasteiger partial charge in [-0.3, -0.25) is 9.59 Å². The number of carboxylic acids is 1. The number of carboxylic acid groups (broad SMARTS) is 1. The number of ether oxygens (including phenoxy) is 1. The molecule has 0 fully saturated rings. The second-order valence-corrected chi connectivity index (χ2v) is 3.75. The number of benzene rings is 1. The Balaban J connectivity index is 2.67. The van der Waals surface area contributed by atoms with E-state index in [0.29, 0.717) is 11.3 Å². The van der Waals surface area contributed by atoms with E-state index < -0.39 is 18.0 Å². The summed E-state index contributed by atoms with van der Waals surface area (Å²) < 4.78 is 5.02. The Morgan fingerprint density at radius 1 is 1.44 bits per heavy atom. The zero-order valence-electron chi connectivity index (χ0n) is 10.1. The van der Waals surface area contributed by atoms with E-state index in [-0.39, 0.29) is 13.0 Å². The lowest BCUT2D eigenvalue weighted by molar-refractivity contribution is -0.139. The number of carbonyl (C=O) groups excluding carboxylic acids is 1. The Labute approximate surface area is 105 Å². The highest BCUT2D eigenvalue weighted by Gasteiger charge is 2.13. The smallest absolute Gasteiger partial charge is 0.306 e. The minimum Gasteiger partial charge on any atom is -0.481 e. The molecular formula is C12H16N2O4. The van der Waals surface area contributed by atoms with Gasteiger partial charge < -0.3 is 20.9 Å². The van der Waals surface area contributed by atoms with Gasteiger partial charge in [0.15, 0.2) is 0 Å². The van der Waals surface area contributed by atoms with Gasteiger partial charge in [-0.05, 0) is 12.1 Å². The van der Waals surface area contributed by atoms with Gasteiger partial charge in [0.2, 0.25) is 0 Å². The van der Waals surface area contributed by atoms with Gasteiger partial charge in [0.1, 0.15) is 0 Å². The van der Waals surface area contributed by atoms with Crippen LogP contribution in [-0.2, 0) is 9.53 Å². The minimum atomic E-state index is -0.938. The molecule has 1 rings (SSSR count). The van der Waals surface area contributed by atoms with Gasteiger partial charge in [-0.1, -0.05) is 12.1 Å². The van der Waals surface area contributed by atoms with Gasteiger partial charge >= 0.3 is 5.97 Å². The molecule has 1 aromatic rings. The summed E-state index contributed by atoms with van der Waals surface area (Å²) in [4.78, 5) is 21.7. The minimum absolute atomic E-state index is 0.109. The predicted molar refractivity (Wildman–Crippen MR) is 66.5 cm³/mol. The number of primary amides is 1. The number of nitrogens with two attached hydrogens (primary N) is 1. The van der Waals surface area contributed by atoms with Crippen LogP contribution < -0.4 is 11.1 Å². The lowest BCUT2D eigenvalue weighted by atomic mass is 10.1. The van der Waals surface area contributed by atoms with Crippen molar-refractivity contribution in [3.63, 3.8) is 0 Å². The number of carbonyl (C=O) groups is 2. The molecule has 0 heterocycles. The zero-order chi connectivity index (χ0) is 13.5. The summed E-state index contributed by atoms with van der Waals surface area (Å²) in [7, 11) is 1.44. The average Bonchev–Trinajstić information content (AvgIpc) is 2.34. The third-order valence-corrected chi connectivity index (χ3v) is 2.45. The van der Waals surface area contributed by atoms with Crippen LogP contribution in [0.3, 0.4) is 0 Å². The van der Waals surface area contributed by atoms with Crippen LogP contribution >= 0.6 is 0 Å². The normalized spacial score (nSPS) is 11.8. The van der Waals surface area contributed by atoms with Gasteiger partial charge in [-0.15, -0.1) is 0 Å². The quantitative estimate of drug-likeness (QED) is 0.662. The highest BCUT2D eigenvalue weighted by Crippen LogP contribution is 2.14. The summed E-state index contributed by atoms with van der Waals surface area (Å²) in [5.41, 5.74) is 6.16. The molecule has 0 spiro atoms. The molecule has 0 aliphatic heterocycles. The Kier molecular flexibility index (Phi) is 5.13. The molecule has 1 amide bonds. The maximum Gasteiger partial charge on any atom is 0.306 e. The van der Waals surface area contributed by atoms with Crippen molar-refractivity contribution in [1.29, 1.82) is 0 Å². The number of aliphatic carboxylic acids is 1. The molecule has 0 saturated heterocycles. The molecule has 0 aromatic heterocycles. The highest BCUT2D eigenvalue weighted by atomic mass is 16.5. The summed E-state index contributed by atoms with van der Waals surface area (Å²) in [6.45, 7) is 0.285. The largest absolute Gasteiger partial charge is 0.481 e. The first kappa shape index (κ1) is 14.0. The number of hydrogen-bond donors (Lipinski definition) is 3. The molecular weight excluding hydrogens is 236 g/mol. The Bertz CT molecular complexity index is 434. The summed E-state index contributed by atoms with van der Waals surface area (Å²) in [6, 6.07) is 6.77. The fourth-order valence-electron chi connectivity index (χ4n) is 1.51. The molecule has 18 heavy (non-hydrogen) atoms. The summed E-state index contributed by atoms with van der Waals surface area (Å²) in [5, 5.41) is 11.6. The first-order chi connectivity index (χ1) is 8.54. The van der Waals surface area contributed by atoms with E-state index in [4.69, 9.17) is 15.6 Å². The number of para-hydroxylation sites is 1. The lowest BCUT2D eigenvalue weighted by Gasteiger charge is -2.16. The van der Waals surface area contributed by atoms with E-state index in [9.17, 15) is 9.59 Å². The Morgan fingerprint density at radius 2 is 2.11 bits per heavy atom. The van der Waals surface area contributed by atoms with Crippen molar-refractivity contribution in [2.75, 3.05) is 19.0 Å². The molecule has 0 saturated carbocycles. The predicted octanol–water partition coefficient (Wildman–Crippen LogP) is 0.687. The topological polar surface area (TPSA) is 102 Å². The van der Waals surface area contributed by atoms with Crippen LogP contribution in [0, 0.1) is 0 Å². The molecule has 1 unspecified atom stereocenters. The van der Waals surface area contributed by atoms with Crippen molar-refractivity contribution >= 4 is 17.6 Å². The van der Waals surface area contributed by atoms with Crippen molar-refractivity contribution in [3.8, 4) is 0 Å². The van der Waals surface area contributed by atoms with Gasteiger partial charge in [0, 0.05) is 19.3 Å². The summed E-state index contributed by atoms with van der Waals surface area (Å²) >= 11 is 0. The van der Waals surface area contributed by atoms with E-state index in [0.717, 1.165) is 0 Å². The Morgan fingerprint density at radius 3 is 2.67 bits per heavy atom. The maximum atomic E-state index is 11.2. The SMILES string of the molecule is COC(CNc1ccccc1C(N)=O)CC(=O)O. The van der Waals surface area contributed by atoms with Crippen LogP contribution in [0.15, 0.2) is 24.3 Å². The van der Waals surface area contributed by atoms with E-state index in [1.165, 1.54) is 7.11 Å². The second-order valence-electron chi connectivity index (χ2n) is 3.75. The number of anilines is 1. The molecule has 0 radical (unpaired) electrons. The Hall–Kier alpha value is -2.08.